The summed E-state index contributed by atoms with van der Waals surface area (Å²) in [5, 5.41) is 0. The van der Waals surface area contributed by atoms with E-state index in [0.717, 1.165) is 47.5 Å². The Hall–Kier alpha value is -2.87. The Morgan fingerprint density at radius 3 is 1.86 bits per heavy atom. The van der Waals surface area contributed by atoms with Gasteiger partial charge in [-0.2, -0.15) is 4.31 Å². The fourth-order valence-electron chi connectivity index (χ4n) is 3.66. The highest BCUT2D eigenvalue weighted by molar-refractivity contribution is 7.89. The van der Waals surface area contributed by atoms with Gasteiger partial charge < -0.3 is 14.2 Å². The van der Waals surface area contributed by atoms with Crippen molar-refractivity contribution in [1.29, 1.82) is 0 Å². The topological polar surface area (TPSA) is 65.1 Å². The van der Waals surface area contributed by atoms with Gasteiger partial charge in [0.2, 0.25) is 10.0 Å². The lowest BCUT2D eigenvalue weighted by atomic mass is 10.2. The predicted octanol–water partition coefficient (Wildman–Crippen LogP) is 5.59. The van der Waals surface area contributed by atoms with E-state index < -0.39 is 10.0 Å². The number of unbranched alkanes of at least 4 members (excludes halogenated alkanes) is 2. The van der Waals surface area contributed by atoms with Crippen LogP contribution < -0.4 is 9.47 Å². The molecule has 0 unspecified atom stereocenters. The highest BCUT2D eigenvalue weighted by atomic mass is 32.2. The first-order valence-electron chi connectivity index (χ1n) is 11.8. The van der Waals surface area contributed by atoms with Gasteiger partial charge in [-0.25, -0.2) is 8.42 Å². The summed E-state index contributed by atoms with van der Waals surface area (Å²) in [5.74, 6) is 1.57. The van der Waals surface area contributed by atoms with Crippen LogP contribution in [0, 0.1) is 6.92 Å². The fraction of sp³-hybridized carbons (Fsp3) is 0.357. The first kappa shape index (κ1) is 26.7. The minimum atomic E-state index is -3.61. The molecule has 6 nitrogen and oxygen atoms in total. The molecule has 3 aromatic carbocycles. The van der Waals surface area contributed by atoms with Crippen LogP contribution in [0.1, 0.15) is 36.0 Å². The first-order valence-corrected chi connectivity index (χ1v) is 13.3. The standard InChI is InChI=1S/C28H35NO5S/c1-23-7-17-28(18-8-23)35(30,31)29(21-24-9-13-26(32-2)14-10-24)19-5-4-6-20-34-22-25-11-15-27(33-3)16-12-25/h7-18H,4-6,19-22H2,1-3H3. The number of ether oxygens (including phenoxy) is 3. The number of benzene rings is 3. The van der Waals surface area contributed by atoms with Gasteiger partial charge in [0.25, 0.3) is 0 Å². The maximum absolute atomic E-state index is 13.4. The maximum atomic E-state index is 13.4. The summed E-state index contributed by atoms with van der Waals surface area (Å²) in [6, 6.07) is 22.4. The molecule has 0 amide bonds. The number of rotatable bonds is 14. The molecule has 0 radical (unpaired) electrons. The van der Waals surface area contributed by atoms with Crippen LogP contribution in [-0.4, -0.2) is 40.1 Å². The van der Waals surface area contributed by atoms with E-state index in [1.807, 2.05) is 67.6 Å². The minimum Gasteiger partial charge on any atom is -0.497 e. The van der Waals surface area contributed by atoms with Crippen molar-refractivity contribution >= 4 is 10.0 Å². The van der Waals surface area contributed by atoms with Crippen molar-refractivity contribution in [3.8, 4) is 11.5 Å². The zero-order chi connectivity index (χ0) is 25.1. The lowest BCUT2D eigenvalue weighted by Gasteiger charge is -2.23. The van der Waals surface area contributed by atoms with Crippen molar-refractivity contribution in [3.05, 3.63) is 89.5 Å². The van der Waals surface area contributed by atoms with Crippen LogP contribution in [0.25, 0.3) is 0 Å². The van der Waals surface area contributed by atoms with Gasteiger partial charge >= 0.3 is 0 Å². The van der Waals surface area contributed by atoms with Crippen LogP contribution in [-0.2, 0) is 27.9 Å². The summed E-state index contributed by atoms with van der Waals surface area (Å²) in [6.45, 7) is 3.89. The van der Waals surface area contributed by atoms with E-state index in [4.69, 9.17) is 14.2 Å². The molecular formula is C28H35NO5S. The predicted molar refractivity (Wildman–Crippen MR) is 138 cm³/mol. The summed E-state index contributed by atoms with van der Waals surface area (Å²) in [7, 11) is -0.347. The molecule has 3 aromatic rings. The van der Waals surface area contributed by atoms with Gasteiger partial charge in [0.15, 0.2) is 0 Å². The van der Waals surface area contributed by atoms with Gasteiger partial charge in [-0.1, -0.05) is 42.0 Å². The lowest BCUT2D eigenvalue weighted by molar-refractivity contribution is 0.116. The van der Waals surface area contributed by atoms with Gasteiger partial charge in [0.05, 0.1) is 25.7 Å². The molecule has 35 heavy (non-hydrogen) atoms. The van der Waals surface area contributed by atoms with Crippen molar-refractivity contribution in [1.82, 2.24) is 4.31 Å². The van der Waals surface area contributed by atoms with E-state index in [0.29, 0.717) is 31.2 Å². The quantitative estimate of drug-likeness (QED) is 0.272. The Bertz CT molecular complexity index is 1130. The molecule has 0 heterocycles. The largest absolute Gasteiger partial charge is 0.497 e. The Labute approximate surface area is 209 Å². The van der Waals surface area contributed by atoms with Gasteiger partial charge in [-0.15, -0.1) is 0 Å². The molecule has 188 valence electrons. The molecule has 0 bridgehead atoms. The molecule has 0 aliphatic carbocycles. The van der Waals surface area contributed by atoms with Crippen molar-refractivity contribution in [2.75, 3.05) is 27.4 Å². The van der Waals surface area contributed by atoms with Gasteiger partial charge in [0, 0.05) is 19.7 Å². The average molecular weight is 498 g/mol. The highest BCUT2D eigenvalue weighted by Gasteiger charge is 2.24. The van der Waals surface area contributed by atoms with Crippen LogP contribution in [0.2, 0.25) is 0 Å². The third-order valence-electron chi connectivity index (χ3n) is 5.80. The van der Waals surface area contributed by atoms with Gasteiger partial charge in [-0.3, -0.25) is 0 Å². The lowest BCUT2D eigenvalue weighted by Crippen LogP contribution is -2.31. The molecule has 0 spiro atoms. The molecule has 0 atom stereocenters. The molecule has 0 N–H and O–H groups in total. The molecule has 0 saturated heterocycles. The number of methoxy groups -OCH3 is 2. The number of sulfonamides is 1. The molecule has 3 rings (SSSR count). The number of nitrogens with zero attached hydrogens (tertiary/aromatic N) is 1. The Morgan fingerprint density at radius 2 is 1.29 bits per heavy atom. The monoisotopic (exact) mass is 497 g/mol. The van der Waals surface area contributed by atoms with E-state index in [2.05, 4.69) is 0 Å². The summed E-state index contributed by atoms with van der Waals surface area (Å²) in [6.07, 6.45) is 2.51. The molecule has 0 aliphatic rings. The Balaban J connectivity index is 1.54. The summed E-state index contributed by atoms with van der Waals surface area (Å²) >= 11 is 0. The van der Waals surface area contributed by atoms with Crippen molar-refractivity contribution in [2.45, 2.75) is 44.2 Å². The van der Waals surface area contributed by atoms with Crippen LogP contribution in [0.4, 0.5) is 0 Å². The van der Waals surface area contributed by atoms with E-state index >= 15 is 0 Å². The smallest absolute Gasteiger partial charge is 0.243 e. The number of aryl methyl sites for hydroxylation is 1. The highest BCUT2D eigenvalue weighted by Crippen LogP contribution is 2.21. The molecule has 0 aromatic heterocycles. The van der Waals surface area contributed by atoms with Crippen molar-refractivity contribution < 1.29 is 22.6 Å². The normalized spacial score (nSPS) is 11.5. The SMILES string of the molecule is COc1ccc(COCCCCCN(Cc2ccc(OC)cc2)S(=O)(=O)c2ccc(C)cc2)cc1. The average Bonchev–Trinajstić information content (AvgIpc) is 2.88. The minimum absolute atomic E-state index is 0.314. The second kappa shape index (κ2) is 13.3. The van der Waals surface area contributed by atoms with Crippen molar-refractivity contribution in [2.24, 2.45) is 0 Å². The van der Waals surface area contributed by atoms with Gasteiger partial charge in [-0.05, 0) is 73.7 Å². The summed E-state index contributed by atoms with van der Waals surface area (Å²) in [4.78, 5) is 0.319. The van der Waals surface area contributed by atoms with E-state index in [1.54, 1.807) is 30.7 Å². The Kier molecular flexibility index (Phi) is 10.1. The molecule has 0 fully saturated rings. The summed E-state index contributed by atoms with van der Waals surface area (Å²) in [5.41, 5.74) is 3.05. The third kappa shape index (κ3) is 8.09. The number of hydrogen-bond acceptors (Lipinski definition) is 5. The third-order valence-corrected chi connectivity index (χ3v) is 7.66. The molecule has 0 saturated carbocycles. The van der Waals surface area contributed by atoms with Crippen molar-refractivity contribution in [3.63, 3.8) is 0 Å². The van der Waals surface area contributed by atoms with E-state index in [1.165, 1.54) is 0 Å². The fourth-order valence-corrected chi connectivity index (χ4v) is 5.13. The van der Waals surface area contributed by atoms with Crippen LogP contribution >= 0.6 is 0 Å². The zero-order valence-corrected chi connectivity index (χ0v) is 21.6. The van der Waals surface area contributed by atoms with Crippen LogP contribution in [0.3, 0.4) is 0 Å². The second-order valence-corrected chi connectivity index (χ2v) is 10.4. The second-order valence-electron chi connectivity index (χ2n) is 8.46. The molecule has 0 aliphatic heterocycles. The van der Waals surface area contributed by atoms with E-state index in [9.17, 15) is 8.42 Å². The zero-order valence-electron chi connectivity index (χ0n) is 20.8. The van der Waals surface area contributed by atoms with Gasteiger partial charge in [0.1, 0.15) is 11.5 Å². The molecule has 7 heteroatoms. The van der Waals surface area contributed by atoms with Crippen LogP contribution in [0.5, 0.6) is 11.5 Å². The maximum Gasteiger partial charge on any atom is 0.243 e. The summed E-state index contributed by atoms with van der Waals surface area (Å²) < 4.78 is 44.6. The first-order chi connectivity index (χ1) is 16.9. The van der Waals surface area contributed by atoms with E-state index in [-0.39, 0.29) is 0 Å². The Morgan fingerprint density at radius 1 is 0.714 bits per heavy atom. The molecular weight excluding hydrogens is 462 g/mol. The van der Waals surface area contributed by atoms with Crippen LogP contribution in [0.15, 0.2) is 77.7 Å². The number of hydrogen-bond donors (Lipinski definition) is 0.